The first-order valence-corrected chi connectivity index (χ1v) is 6.94. The monoisotopic (exact) mass is 245 g/mol. The topological polar surface area (TPSA) is 23.8 Å². The Hall–Kier alpha value is -2.07. The fourth-order valence-corrected chi connectivity index (χ4v) is 4.08. The van der Waals surface area contributed by atoms with Gasteiger partial charge in [-0.2, -0.15) is 5.26 Å². The minimum Gasteiger partial charge on any atom is -0.198 e. The predicted molar refractivity (Wildman–Crippen MR) is 74.9 cm³/mol. The molecule has 0 heterocycles. The van der Waals surface area contributed by atoms with Crippen LogP contribution in [0.3, 0.4) is 0 Å². The molecule has 0 saturated carbocycles. The molecule has 92 valence electrons. The molecule has 0 aromatic heterocycles. The molecule has 0 N–H and O–H groups in total. The lowest BCUT2D eigenvalue weighted by molar-refractivity contribution is 0.362. The van der Waals surface area contributed by atoms with E-state index in [0.717, 1.165) is 6.42 Å². The van der Waals surface area contributed by atoms with Crippen LogP contribution in [0.1, 0.15) is 46.9 Å². The fourth-order valence-electron chi connectivity index (χ4n) is 4.08. The van der Waals surface area contributed by atoms with E-state index < -0.39 is 0 Å². The number of hydrogen-bond donors (Lipinski definition) is 0. The number of nitriles is 1. The Kier molecular flexibility index (Phi) is 2.26. The molecule has 0 radical (unpaired) electrons. The maximum atomic E-state index is 9.09. The van der Waals surface area contributed by atoms with Gasteiger partial charge in [-0.15, -0.1) is 0 Å². The SMILES string of the molecule is N#CCC1CC2c3ccccc3C1c1ccccc12. The standard InChI is InChI=1S/C18H15N/c19-10-9-12-11-17-13-5-1-3-7-15(13)18(12)16-8-4-2-6-14(16)17/h1-8,12,17-18H,9,11H2. The van der Waals surface area contributed by atoms with Crippen LogP contribution in [0.4, 0.5) is 0 Å². The summed E-state index contributed by atoms with van der Waals surface area (Å²) in [4.78, 5) is 0. The van der Waals surface area contributed by atoms with E-state index in [-0.39, 0.29) is 0 Å². The highest BCUT2D eigenvalue weighted by atomic mass is 14.5. The first-order chi connectivity index (χ1) is 9.40. The van der Waals surface area contributed by atoms with Crippen LogP contribution in [-0.2, 0) is 0 Å². The number of fused-ring (bicyclic) bond motifs is 1. The Morgan fingerprint density at radius 1 is 0.895 bits per heavy atom. The van der Waals surface area contributed by atoms with E-state index in [4.69, 9.17) is 5.26 Å². The van der Waals surface area contributed by atoms with Crippen molar-refractivity contribution in [1.82, 2.24) is 0 Å². The van der Waals surface area contributed by atoms with E-state index in [1.165, 1.54) is 22.3 Å². The van der Waals surface area contributed by atoms with Gasteiger partial charge in [-0.3, -0.25) is 0 Å². The Bertz CT molecular complexity index is 633. The molecule has 1 atom stereocenters. The van der Waals surface area contributed by atoms with Crippen molar-refractivity contribution in [3.05, 3.63) is 70.8 Å². The normalized spacial score (nSPS) is 26.4. The summed E-state index contributed by atoms with van der Waals surface area (Å²) in [7, 11) is 0. The second-order valence-electron chi connectivity index (χ2n) is 5.65. The van der Waals surface area contributed by atoms with Crippen molar-refractivity contribution >= 4 is 0 Å². The van der Waals surface area contributed by atoms with Crippen LogP contribution in [0.15, 0.2) is 48.5 Å². The molecular formula is C18H15N. The van der Waals surface area contributed by atoms with Gasteiger partial charge in [0, 0.05) is 18.3 Å². The molecule has 1 nitrogen and oxygen atoms in total. The first-order valence-electron chi connectivity index (χ1n) is 6.94. The molecule has 1 unspecified atom stereocenters. The van der Waals surface area contributed by atoms with Gasteiger partial charge in [0.2, 0.25) is 0 Å². The lowest BCUT2D eigenvalue weighted by atomic mass is 9.58. The number of hydrogen-bond acceptors (Lipinski definition) is 1. The molecule has 3 aliphatic rings. The number of rotatable bonds is 1. The fraction of sp³-hybridized carbons (Fsp3) is 0.278. The molecular weight excluding hydrogens is 230 g/mol. The summed E-state index contributed by atoms with van der Waals surface area (Å²) in [6, 6.07) is 20.0. The molecule has 1 heteroatoms. The summed E-state index contributed by atoms with van der Waals surface area (Å²) >= 11 is 0. The lowest BCUT2D eigenvalue weighted by Gasteiger charge is -2.45. The van der Waals surface area contributed by atoms with Crippen LogP contribution < -0.4 is 0 Å². The summed E-state index contributed by atoms with van der Waals surface area (Å²) in [5.74, 6) is 1.41. The van der Waals surface area contributed by atoms with Crippen molar-refractivity contribution in [1.29, 1.82) is 5.26 Å². The van der Waals surface area contributed by atoms with Crippen molar-refractivity contribution < 1.29 is 0 Å². The summed E-state index contributed by atoms with van der Waals surface area (Å²) < 4.78 is 0. The largest absolute Gasteiger partial charge is 0.198 e. The molecule has 2 aromatic carbocycles. The second kappa shape index (κ2) is 3.96. The zero-order chi connectivity index (χ0) is 12.8. The third-order valence-electron chi connectivity index (χ3n) is 4.78. The first kappa shape index (κ1) is 10.8. The molecule has 19 heavy (non-hydrogen) atoms. The Labute approximate surface area is 113 Å². The van der Waals surface area contributed by atoms with Crippen LogP contribution in [-0.4, -0.2) is 0 Å². The lowest BCUT2D eigenvalue weighted by Crippen LogP contribution is -2.31. The van der Waals surface area contributed by atoms with Gasteiger partial charge in [0.1, 0.15) is 0 Å². The zero-order valence-corrected chi connectivity index (χ0v) is 10.7. The molecule has 2 bridgehead atoms. The summed E-state index contributed by atoms with van der Waals surface area (Å²) in [6.07, 6.45) is 1.80. The highest BCUT2D eigenvalue weighted by Gasteiger charge is 2.42. The van der Waals surface area contributed by atoms with Gasteiger partial charge in [-0.25, -0.2) is 0 Å². The van der Waals surface area contributed by atoms with Crippen LogP contribution in [0.5, 0.6) is 0 Å². The summed E-state index contributed by atoms with van der Waals surface area (Å²) in [6.45, 7) is 0. The van der Waals surface area contributed by atoms with E-state index >= 15 is 0 Å². The molecule has 0 aliphatic heterocycles. The van der Waals surface area contributed by atoms with Gasteiger partial charge in [0.25, 0.3) is 0 Å². The third kappa shape index (κ3) is 1.40. The van der Waals surface area contributed by atoms with E-state index in [9.17, 15) is 0 Å². The van der Waals surface area contributed by atoms with E-state index in [2.05, 4.69) is 54.6 Å². The van der Waals surface area contributed by atoms with Crippen molar-refractivity contribution in [3.63, 3.8) is 0 Å². The Morgan fingerprint density at radius 2 is 1.42 bits per heavy atom. The van der Waals surface area contributed by atoms with E-state index in [1.54, 1.807) is 0 Å². The molecule has 0 saturated heterocycles. The quantitative estimate of drug-likeness (QED) is 0.738. The van der Waals surface area contributed by atoms with Gasteiger partial charge in [-0.05, 0) is 34.6 Å². The van der Waals surface area contributed by atoms with Crippen LogP contribution in [0, 0.1) is 17.2 Å². The molecule has 0 amide bonds. The maximum absolute atomic E-state index is 9.09. The molecule has 2 aromatic rings. The Balaban J connectivity index is 1.96. The van der Waals surface area contributed by atoms with Crippen LogP contribution in [0.2, 0.25) is 0 Å². The number of benzene rings is 2. The van der Waals surface area contributed by atoms with E-state index in [0.29, 0.717) is 24.2 Å². The van der Waals surface area contributed by atoms with Gasteiger partial charge < -0.3 is 0 Å². The summed E-state index contributed by atoms with van der Waals surface area (Å²) in [5, 5.41) is 9.09. The van der Waals surface area contributed by atoms with Gasteiger partial charge in [-0.1, -0.05) is 48.5 Å². The van der Waals surface area contributed by atoms with Gasteiger partial charge in [0.05, 0.1) is 6.07 Å². The molecule has 0 fully saturated rings. The second-order valence-corrected chi connectivity index (χ2v) is 5.65. The highest BCUT2D eigenvalue weighted by Crippen LogP contribution is 2.55. The summed E-state index contributed by atoms with van der Waals surface area (Å²) in [5.41, 5.74) is 5.89. The van der Waals surface area contributed by atoms with Crippen molar-refractivity contribution in [3.8, 4) is 6.07 Å². The van der Waals surface area contributed by atoms with Crippen LogP contribution in [0.25, 0.3) is 0 Å². The van der Waals surface area contributed by atoms with E-state index in [1.807, 2.05) is 0 Å². The molecule has 3 aliphatic carbocycles. The Morgan fingerprint density at radius 3 is 1.95 bits per heavy atom. The predicted octanol–water partition coefficient (Wildman–Crippen LogP) is 4.20. The minimum atomic E-state index is 0.428. The van der Waals surface area contributed by atoms with Crippen molar-refractivity contribution in [2.24, 2.45) is 5.92 Å². The minimum absolute atomic E-state index is 0.428. The van der Waals surface area contributed by atoms with Gasteiger partial charge in [0.15, 0.2) is 0 Å². The zero-order valence-electron chi connectivity index (χ0n) is 10.7. The average molecular weight is 245 g/mol. The van der Waals surface area contributed by atoms with Crippen molar-refractivity contribution in [2.75, 3.05) is 0 Å². The highest BCUT2D eigenvalue weighted by molar-refractivity contribution is 5.55. The third-order valence-corrected chi connectivity index (χ3v) is 4.78. The maximum Gasteiger partial charge on any atom is 0.0625 e. The van der Waals surface area contributed by atoms with Gasteiger partial charge >= 0.3 is 0 Å². The molecule has 5 rings (SSSR count). The van der Waals surface area contributed by atoms with Crippen molar-refractivity contribution in [2.45, 2.75) is 24.7 Å². The number of nitrogens with zero attached hydrogens (tertiary/aromatic N) is 1. The molecule has 0 spiro atoms. The van der Waals surface area contributed by atoms with Crippen LogP contribution >= 0.6 is 0 Å². The average Bonchev–Trinajstić information content (AvgIpc) is 2.48. The smallest absolute Gasteiger partial charge is 0.0625 e.